The molecule has 3 rings (SSSR count). The Morgan fingerprint density at radius 1 is 1.17 bits per heavy atom. The number of benzene rings is 1. The summed E-state index contributed by atoms with van der Waals surface area (Å²) in [6.07, 6.45) is 8.28. The van der Waals surface area contributed by atoms with E-state index in [1.54, 1.807) is 0 Å². The van der Waals surface area contributed by atoms with Gasteiger partial charge in [0.05, 0.1) is 6.20 Å². The molecule has 3 aromatic rings. The molecule has 0 bridgehead atoms. The molecule has 0 spiro atoms. The molecule has 116 valence electrons. The minimum absolute atomic E-state index is 0.815. The van der Waals surface area contributed by atoms with Crippen LogP contribution in [0.1, 0.15) is 43.7 Å². The molecule has 0 saturated carbocycles. The molecular formula is C20H21N3. The molecule has 0 saturated heterocycles. The number of pyridine rings is 1. The minimum Gasteiger partial charge on any atom is -0.261 e. The molecule has 0 aliphatic carbocycles. The van der Waals surface area contributed by atoms with Crippen LogP contribution in [-0.4, -0.2) is 15.2 Å². The van der Waals surface area contributed by atoms with E-state index in [4.69, 9.17) is 0 Å². The summed E-state index contributed by atoms with van der Waals surface area (Å²) >= 11 is 0. The van der Waals surface area contributed by atoms with Gasteiger partial charge >= 0.3 is 0 Å². The van der Waals surface area contributed by atoms with Gasteiger partial charge in [0.25, 0.3) is 0 Å². The quantitative estimate of drug-likeness (QED) is 0.552. The van der Waals surface area contributed by atoms with Gasteiger partial charge in [-0.1, -0.05) is 43.7 Å². The molecule has 1 aromatic carbocycles. The minimum atomic E-state index is 0.815. The lowest BCUT2D eigenvalue weighted by Gasteiger charge is -2.06. The predicted molar refractivity (Wildman–Crippen MR) is 95.1 cm³/mol. The molecule has 0 fully saturated rings. The fraction of sp³-hybridized carbons (Fsp3) is 0.300. The highest BCUT2D eigenvalue weighted by Crippen LogP contribution is 2.27. The Labute approximate surface area is 137 Å². The molecule has 0 atom stereocenters. The van der Waals surface area contributed by atoms with E-state index in [-0.39, 0.29) is 0 Å². The summed E-state index contributed by atoms with van der Waals surface area (Å²) in [6, 6.07) is 8.47. The SMILES string of the molecule is CCCCCC#Cc1cc(-c2ccnc3[nH]ncc23)ccc1C. The average Bonchev–Trinajstić information content (AvgIpc) is 3.05. The Morgan fingerprint density at radius 3 is 2.96 bits per heavy atom. The lowest BCUT2D eigenvalue weighted by atomic mass is 9.99. The number of hydrogen-bond donors (Lipinski definition) is 1. The molecule has 23 heavy (non-hydrogen) atoms. The van der Waals surface area contributed by atoms with Crippen LogP contribution in [0.25, 0.3) is 22.2 Å². The van der Waals surface area contributed by atoms with E-state index in [9.17, 15) is 0 Å². The maximum atomic E-state index is 4.30. The number of aromatic nitrogens is 3. The fourth-order valence-corrected chi connectivity index (χ4v) is 2.65. The highest BCUT2D eigenvalue weighted by molar-refractivity contribution is 5.92. The van der Waals surface area contributed by atoms with Crippen molar-refractivity contribution >= 4 is 11.0 Å². The van der Waals surface area contributed by atoms with E-state index in [1.807, 2.05) is 18.5 Å². The van der Waals surface area contributed by atoms with Gasteiger partial charge < -0.3 is 0 Å². The van der Waals surface area contributed by atoms with Gasteiger partial charge in [0.2, 0.25) is 0 Å². The molecule has 3 nitrogen and oxygen atoms in total. The molecule has 1 N–H and O–H groups in total. The van der Waals surface area contributed by atoms with Crippen LogP contribution in [0.3, 0.4) is 0 Å². The molecule has 2 heterocycles. The lowest BCUT2D eigenvalue weighted by Crippen LogP contribution is -1.87. The first-order valence-electron chi connectivity index (χ1n) is 8.17. The zero-order chi connectivity index (χ0) is 16.1. The maximum Gasteiger partial charge on any atom is 0.155 e. The van der Waals surface area contributed by atoms with Crippen LogP contribution >= 0.6 is 0 Å². The molecule has 0 aliphatic heterocycles. The first-order chi connectivity index (χ1) is 11.3. The Kier molecular flexibility index (Phi) is 4.73. The van der Waals surface area contributed by atoms with Gasteiger partial charge in [0.1, 0.15) is 0 Å². The van der Waals surface area contributed by atoms with Gasteiger partial charge in [-0.05, 0) is 42.2 Å². The number of aryl methyl sites for hydroxylation is 1. The van der Waals surface area contributed by atoms with Crippen molar-refractivity contribution in [2.75, 3.05) is 0 Å². The number of fused-ring (bicyclic) bond motifs is 1. The zero-order valence-corrected chi connectivity index (χ0v) is 13.7. The normalized spacial score (nSPS) is 10.5. The number of aromatic amines is 1. The first-order valence-corrected chi connectivity index (χ1v) is 8.17. The third-order valence-corrected chi connectivity index (χ3v) is 4.03. The summed E-state index contributed by atoms with van der Waals surface area (Å²) in [6.45, 7) is 4.33. The number of nitrogens with one attached hydrogen (secondary N) is 1. The van der Waals surface area contributed by atoms with Gasteiger partial charge in [-0.25, -0.2) is 4.98 Å². The molecule has 0 unspecified atom stereocenters. The third kappa shape index (κ3) is 3.43. The third-order valence-electron chi connectivity index (χ3n) is 4.03. The maximum absolute atomic E-state index is 4.30. The van der Waals surface area contributed by atoms with E-state index in [0.717, 1.165) is 34.1 Å². The van der Waals surface area contributed by atoms with E-state index >= 15 is 0 Å². The van der Waals surface area contributed by atoms with Crippen molar-refractivity contribution in [1.82, 2.24) is 15.2 Å². The summed E-state index contributed by atoms with van der Waals surface area (Å²) in [5.41, 5.74) is 5.43. The van der Waals surface area contributed by atoms with Gasteiger partial charge in [-0.15, -0.1) is 0 Å². The molecule has 0 aliphatic rings. The van der Waals surface area contributed by atoms with Crippen LogP contribution in [0.15, 0.2) is 36.7 Å². The van der Waals surface area contributed by atoms with Crippen LogP contribution in [0.2, 0.25) is 0 Å². The Bertz CT molecular complexity index is 865. The summed E-state index contributed by atoms with van der Waals surface area (Å²) in [7, 11) is 0. The number of rotatable bonds is 4. The van der Waals surface area contributed by atoms with Crippen molar-refractivity contribution < 1.29 is 0 Å². The van der Waals surface area contributed by atoms with E-state index in [1.165, 1.54) is 24.8 Å². The number of hydrogen-bond acceptors (Lipinski definition) is 2. The Morgan fingerprint density at radius 2 is 2.09 bits per heavy atom. The monoisotopic (exact) mass is 303 g/mol. The second-order valence-electron chi connectivity index (χ2n) is 5.78. The molecule has 0 amide bonds. The van der Waals surface area contributed by atoms with Crippen LogP contribution in [0, 0.1) is 18.8 Å². The standard InChI is InChI=1S/C20H21N3/c1-3-4-5-6-7-8-16-13-17(10-9-15(16)2)18-11-12-21-20-19(18)14-22-23-20/h9-14H,3-6H2,1-2H3,(H,21,22,23). The van der Waals surface area contributed by atoms with E-state index < -0.39 is 0 Å². The number of unbranched alkanes of at least 4 members (excludes halogenated alkanes) is 3. The first kappa shape index (κ1) is 15.3. The summed E-state index contributed by atoms with van der Waals surface area (Å²) < 4.78 is 0. The van der Waals surface area contributed by atoms with Crippen LogP contribution in [0.4, 0.5) is 0 Å². The Balaban J connectivity index is 1.92. The molecule has 0 radical (unpaired) electrons. The van der Waals surface area contributed by atoms with Crippen LogP contribution in [0.5, 0.6) is 0 Å². The van der Waals surface area contributed by atoms with Crippen molar-refractivity contribution in [2.24, 2.45) is 0 Å². The summed E-state index contributed by atoms with van der Waals surface area (Å²) in [5.74, 6) is 6.64. The Hall–Kier alpha value is -2.60. The summed E-state index contributed by atoms with van der Waals surface area (Å²) in [5, 5.41) is 8.05. The van der Waals surface area contributed by atoms with Crippen molar-refractivity contribution in [3.63, 3.8) is 0 Å². The second-order valence-corrected chi connectivity index (χ2v) is 5.78. The number of H-pyrrole nitrogens is 1. The fourth-order valence-electron chi connectivity index (χ4n) is 2.65. The molecular weight excluding hydrogens is 282 g/mol. The van der Waals surface area contributed by atoms with Gasteiger partial charge in [-0.2, -0.15) is 5.10 Å². The second kappa shape index (κ2) is 7.11. The summed E-state index contributed by atoms with van der Waals surface area (Å²) in [4.78, 5) is 4.30. The lowest BCUT2D eigenvalue weighted by molar-refractivity contribution is 0.737. The average molecular weight is 303 g/mol. The number of nitrogens with zero attached hydrogens (tertiary/aromatic N) is 2. The van der Waals surface area contributed by atoms with E-state index in [2.05, 4.69) is 59.1 Å². The van der Waals surface area contributed by atoms with Gasteiger partial charge in [-0.3, -0.25) is 5.10 Å². The van der Waals surface area contributed by atoms with Crippen LogP contribution in [-0.2, 0) is 0 Å². The van der Waals surface area contributed by atoms with Crippen molar-refractivity contribution in [1.29, 1.82) is 0 Å². The van der Waals surface area contributed by atoms with E-state index in [0.29, 0.717) is 0 Å². The zero-order valence-electron chi connectivity index (χ0n) is 13.7. The largest absolute Gasteiger partial charge is 0.261 e. The van der Waals surface area contributed by atoms with Crippen molar-refractivity contribution in [3.05, 3.63) is 47.8 Å². The van der Waals surface area contributed by atoms with Gasteiger partial charge in [0, 0.05) is 23.6 Å². The molecule has 3 heteroatoms. The highest BCUT2D eigenvalue weighted by atomic mass is 15.1. The van der Waals surface area contributed by atoms with Crippen molar-refractivity contribution in [2.45, 2.75) is 39.5 Å². The highest BCUT2D eigenvalue weighted by Gasteiger charge is 2.07. The van der Waals surface area contributed by atoms with Gasteiger partial charge in [0.15, 0.2) is 5.65 Å². The predicted octanol–water partition coefficient (Wildman–Crippen LogP) is 4.87. The van der Waals surface area contributed by atoms with Crippen LogP contribution < -0.4 is 0 Å². The molecule has 2 aromatic heterocycles. The van der Waals surface area contributed by atoms with Crippen molar-refractivity contribution in [3.8, 4) is 23.0 Å². The topological polar surface area (TPSA) is 41.6 Å². The smallest absolute Gasteiger partial charge is 0.155 e.